The summed E-state index contributed by atoms with van der Waals surface area (Å²) >= 11 is 12.6. The van der Waals surface area contributed by atoms with Gasteiger partial charge in [-0.2, -0.15) is 4.98 Å². The van der Waals surface area contributed by atoms with Crippen LogP contribution in [-0.4, -0.2) is 25.1 Å². The first kappa shape index (κ1) is 13.6. The van der Waals surface area contributed by atoms with Crippen molar-refractivity contribution in [3.05, 3.63) is 40.9 Å². The summed E-state index contributed by atoms with van der Waals surface area (Å²) in [6, 6.07) is 3.42. The van der Waals surface area contributed by atoms with Crippen molar-refractivity contribution in [2.75, 3.05) is 11.1 Å². The summed E-state index contributed by atoms with van der Waals surface area (Å²) in [5.41, 5.74) is 7.50. The number of halogens is 2. The first-order valence-corrected chi connectivity index (χ1v) is 6.58. The lowest BCUT2D eigenvalue weighted by atomic mass is 10.1. The van der Waals surface area contributed by atoms with Gasteiger partial charge in [0, 0.05) is 29.2 Å². The van der Waals surface area contributed by atoms with Gasteiger partial charge >= 0.3 is 0 Å². The lowest BCUT2D eigenvalue weighted by Gasteiger charge is -2.09. The zero-order valence-corrected chi connectivity index (χ0v) is 12.0. The largest absolute Gasteiger partial charge is 0.368 e. The van der Waals surface area contributed by atoms with Gasteiger partial charge in [-0.15, -0.1) is 5.10 Å². The second kappa shape index (κ2) is 5.55. The normalized spacial score (nSPS) is 10.6. The van der Waals surface area contributed by atoms with Crippen LogP contribution in [0.1, 0.15) is 0 Å². The second-order valence-corrected chi connectivity index (χ2v) is 4.93. The van der Waals surface area contributed by atoms with Crippen LogP contribution in [-0.2, 0) is 0 Å². The van der Waals surface area contributed by atoms with Gasteiger partial charge in [-0.3, -0.25) is 0 Å². The number of nitrogens with two attached hydrogens (primary N) is 1. The number of hydrogen-bond donors (Lipinski definition) is 3. The average Bonchev–Trinajstić information content (AvgIpc) is 2.84. The molecule has 2 heterocycles. The van der Waals surface area contributed by atoms with Crippen LogP contribution in [0.2, 0.25) is 10.0 Å². The third-order valence-electron chi connectivity index (χ3n) is 2.65. The maximum atomic E-state index is 6.29. The summed E-state index contributed by atoms with van der Waals surface area (Å²) in [6.07, 6.45) is 4.72. The molecular formula is C12H9Cl2N7. The molecule has 0 aliphatic rings. The standard InChI is InChI=1S/C12H9Cl2N7/c13-8-1-7(18-12-19-11(15)20-21-12)2-9(14)10(8)6-3-16-5-17-4-6/h1-5H,(H4,15,18,19,20,21). The Bertz CT molecular complexity index is 749. The van der Waals surface area contributed by atoms with E-state index in [4.69, 9.17) is 28.9 Å². The quantitative estimate of drug-likeness (QED) is 0.685. The molecule has 0 unspecified atom stereocenters. The predicted octanol–water partition coefficient (Wildman–Crippen LogP) is 2.89. The molecule has 21 heavy (non-hydrogen) atoms. The van der Waals surface area contributed by atoms with Crippen molar-refractivity contribution in [3.63, 3.8) is 0 Å². The maximum Gasteiger partial charge on any atom is 0.248 e. The fourth-order valence-corrected chi connectivity index (χ4v) is 2.51. The Hall–Kier alpha value is -2.38. The van der Waals surface area contributed by atoms with Gasteiger partial charge in [0.25, 0.3) is 0 Å². The van der Waals surface area contributed by atoms with Crippen molar-refractivity contribution in [1.29, 1.82) is 0 Å². The van der Waals surface area contributed by atoms with Gasteiger partial charge in [0.1, 0.15) is 6.33 Å². The molecule has 1 aromatic carbocycles. The molecule has 0 aliphatic heterocycles. The van der Waals surface area contributed by atoms with Crippen molar-refractivity contribution in [2.45, 2.75) is 0 Å². The fraction of sp³-hybridized carbons (Fsp3) is 0. The molecule has 7 nitrogen and oxygen atoms in total. The van der Waals surface area contributed by atoms with Gasteiger partial charge in [-0.05, 0) is 12.1 Å². The molecular weight excluding hydrogens is 313 g/mol. The van der Waals surface area contributed by atoms with E-state index in [9.17, 15) is 0 Å². The SMILES string of the molecule is Nc1nc(Nc2cc(Cl)c(-c3cncnc3)c(Cl)c2)n[nH]1. The minimum absolute atomic E-state index is 0.216. The van der Waals surface area contributed by atoms with Gasteiger partial charge in [0.05, 0.1) is 10.0 Å². The molecule has 0 radical (unpaired) electrons. The lowest BCUT2D eigenvalue weighted by Crippen LogP contribution is -1.94. The molecule has 4 N–H and O–H groups in total. The van der Waals surface area contributed by atoms with Crippen LogP contribution >= 0.6 is 23.2 Å². The molecule has 0 aliphatic carbocycles. The van der Waals surface area contributed by atoms with E-state index in [0.717, 1.165) is 5.56 Å². The van der Waals surface area contributed by atoms with E-state index in [2.05, 4.69) is 30.5 Å². The summed E-state index contributed by atoms with van der Waals surface area (Å²) < 4.78 is 0. The first-order valence-electron chi connectivity index (χ1n) is 5.83. The van der Waals surface area contributed by atoms with E-state index in [1.165, 1.54) is 6.33 Å². The zero-order valence-electron chi connectivity index (χ0n) is 10.5. The Morgan fingerprint density at radius 2 is 1.76 bits per heavy atom. The van der Waals surface area contributed by atoms with E-state index in [0.29, 0.717) is 27.2 Å². The van der Waals surface area contributed by atoms with Crippen molar-refractivity contribution in [2.24, 2.45) is 0 Å². The molecule has 0 atom stereocenters. The van der Waals surface area contributed by atoms with Crippen LogP contribution in [0, 0.1) is 0 Å². The zero-order chi connectivity index (χ0) is 14.8. The van der Waals surface area contributed by atoms with E-state index in [1.807, 2.05) is 0 Å². The smallest absolute Gasteiger partial charge is 0.248 e. The minimum Gasteiger partial charge on any atom is -0.368 e. The van der Waals surface area contributed by atoms with Gasteiger partial charge in [-0.25, -0.2) is 15.1 Å². The molecule has 2 aromatic heterocycles. The Morgan fingerprint density at radius 1 is 1.10 bits per heavy atom. The number of rotatable bonds is 3. The van der Waals surface area contributed by atoms with E-state index in [-0.39, 0.29) is 5.95 Å². The van der Waals surface area contributed by atoms with Crippen LogP contribution in [0.15, 0.2) is 30.9 Å². The number of benzene rings is 1. The summed E-state index contributed by atoms with van der Waals surface area (Å²) in [4.78, 5) is 11.8. The van der Waals surface area contributed by atoms with Crippen LogP contribution in [0.25, 0.3) is 11.1 Å². The minimum atomic E-state index is 0.216. The van der Waals surface area contributed by atoms with Crippen molar-refractivity contribution in [1.82, 2.24) is 25.1 Å². The van der Waals surface area contributed by atoms with Crippen molar-refractivity contribution < 1.29 is 0 Å². The Morgan fingerprint density at radius 3 is 2.33 bits per heavy atom. The molecule has 3 rings (SSSR count). The van der Waals surface area contributed by atoms with Gasteiger partial charge < -0.3 is 11.1 Å². The number of nitrogen functional groups attached to an aromatic ring is 1. The van der Waals surface area contributed by atoms with Crippen molar-refractivity contribution >= 4 is 40.8 Å². The van der Waals surface area contributed by atoms with E-state index >= 15 is 0 Å². The molecule has 0 fully saturated rings. The molecule has 0 spiro atoms. The van der Waals surface area contributed by atoms with Crippen LogP contribution in [0.4, 0.5) is 17.6 Å². The molecule has 0 saturated heterocycles. The fourth-order valence-electron chi connectivity index (χ4n) is 1.81. The summed E-state index contributed by atoms with van der Waals surface area (Å²) in [7, 11) is 0. The lowest BCUT2D eigenvalue weighted by molar-refractivity contribution is 1.10. The number of anilines is 3. The molecule has 3 aromatic rings. The third kappa shape index (κ3) is 2.88. The highest BCUT2D eigenvalue weighted by atomic mass is 35.5. The van der Waals surface area contributed by atoms with Crippen LogP contribution in [0.3, 0.4) is 0 Å². The Labute approximate surface area is 129 Å². The Balaban J connectivity index is 1.96. The summed E-state index contributed by atoms with van der Waals surface area (Å²) in [5.74, 6) is 0.545. The van der Waals surface area contributed by atoms with Crippen LogP contribution < -0.4 is 11.1 Å². The average molecular weight is 322 g/mol. The van der Waals surface area contributed by atoms with Gasteiger partial charge in [-0.1, -0.05) is 23.2 Å². The van der Waals surface area contributed by atoms with E-state index < -0.39 is 0 Å². The topological polar surface area (TPSA) is 105 Å². The maximum absolute atomic E-state index is 6.29. The highest BCUT2D eigenvalue weighted by Gasteiger charge is 2.12. The third-order valence-corrected chi connectivity index (χ3v) is 3.25. The molecule has 9 heteroatoms. The second-order valence-electron chi connectivity index (χ2n) is 4.11. The molecule has 106 valence electrons. The number of hydrogen-bond acceptors (Lipinski definition) is 6. The van der Waals surface area contributed by atoms with Gasteiger partial charge in [0.2, 0.25) is 11.9 Å². The van der Waals surface area contributed by atoms with E-state index in [1.54, 1.807) is 24.5 Å². The number of H-pyrrole nitrogens is 1. The predicted molar refractivity (Wildman–Crippen MR) is 81.6 cm³/mol. The summed E-state index contributed by atoms with van der Waals surface area (Å²) in [6.45, 7) is 0. The molecule has 0 saturated carbocycles. The Kier molecular flexibility index (Phi) is 3.59. The van der Waals surface area contributed by atoms with Gasteiger partial charge in [0.15, 0.2) is 0 Å². The first-order chi connectivity index (χ1) is 10.1. The number of aromatic nitrogens is 5. The van der Waals surface area contributed by atoms with Crippen molar-refractivity contribution in [3.8, 4) is 11.1 Å². The number of nitrogens with zero attached hydrogens (tertiary/aromatic N) is 4. The molecule has 0 bridgehead atoms. The highest BCUT2D eigenvalue weighted by Crippen LogP contribution is 2.37. The molecule has 0 amide bonds. The number of aromatic amines is 1. The van der Waals surface area contributed by atoms with Crippen LogP contribution in [0.5, 0.6) is 0 Å². The summed E-state index contributed by atoms with van der Waals surface area (Å²) in [5, 5.41) is 10.3. The highest BCUT2D eigenvalue weighted by molar-refractivity contribution is 6.39. The monoisotopic (exact) mass is 321 g/mol. The number of nitrogens with one attached hydrogen (secondary N) is 2.